The number of carbonyl (C=O) groups excluding carboxylic acids is 1. The van der Waals surface area contributed by atoms with Crippen LogP contribution < -0.4 is 5.32 Å². The monoisotopic (exact) mass is 449 g/mol. The molecule has 4 heteroatoms. The van der Waals surface area contributed by atoms with E-state index in [9.17, 15) is 14.7 Å². The van der Waals surface area contributed by atoms with Crippen molar-refractivity contribution in [3.63, 3.8) is 0 Å². The van der Waals surface area contributed by atoms with Gasteiger partial charge in [0.15, 0.2) is 0 Å². The van der Waals surface area contributed by atoms with Crippen LogP contribution in [0.5, 0.6) is 0 Å². The second-order valence-electron chi connectivity index (χ2n) is 10.9. The summed E-state index contributed by atoms with van der Waals surface area (Å²) in [4.78, 5) is 23.7. The molecule has 0 saturated carbocycles. The van der Waals surface area contributed by atoms with Gasteiger partial charge in [0.05, 0.1) is 0 Å². The molecule has 2 aliphatic carbocycles. The number of nitrogens with one attached hydrogen (secondary N) is 1. The Kier molecular flexibility index (Phi) is 7.07. The summed E-state index contributed by atoms with van der Waals surface area (Å²) >= 11 is 0. The van der Waals surface area contributed by atoms with Crippen LogP contribution in [0.15, 0.2) is 35.4 Å². The summed E-state index contributed by atoms with van der Waals surface area (Å²) in [7, 11) is 0. The van der Waals surface area contributed by atoms with E-state index in [-0.39, 0.29) is 16.7 Å². The molecule has 4 nitrogen and oxygen atoms in total. The average molecular weight is 450 g/mol. The average Bonchev–Trinajstić information content (AvgIpc) is 2.71. The van der Waals surface area contributed by atoms with Gasteiger partial charge in [-0.1, -0.05) is 58.9 Å². The summed E-state index contributed by atoms with van der Waals surface area (Å²) < 4.78 is 0. The van der Waals surface area contributed by atoms with Crippen molar-refractivity contribution in [1.29, 1.82) is 0 Å². The highest BCUT2D eigenvalue weighted by molar-refractivity contribution is 5.93. The van der Waals surface area contributed by atoms with Crippen LogP contribution in [-0.2, 0) is 26.8 Å². The van der Waals surface area contributed by atoms with Gasteiger partial charge in [0.2, 0.25) is 5.91 Å². The van der Waals surface area contributed by atoms with E-state index in [1.54, 1.807) is 6.92 Å². The van der Waals surface area contributed by atoms with Crippen LogP contribution in [0, 0.1) is 0 Å². The molecule has 0 saturated heterocycles. The predicted molar refractivity (Wildman–Crippen MR) is 137 cm³/mol. The van der Waals surface area contributed by atoms with Gasteiger partial charge in [-0.15, -0.1) is 0 Å². The van der Waals surface area contributed by atoms with Crippen molar-refractivity contribution in [1.82, 2.24) is 0 Å². The van der Waals surface area contributed by atoms with E-state index in [1.807, 2.05) is 26.0 Å². The van der Waals surface area contributed by atoms with Crippen LogP contribution in [0.2, 0.25) is 0 Å². The van der Waals surface area contributed by atoms with Crippen molar-refractivity contribution >= 4 is 23.1 Å². The number of carbonyl (C=O) groups is 2. The summed E-state index contributed by atoms with van der Waals surface area (Å²) in [6.07, 6.45) is 11.7. The van der Waals surface area contributed by atoms with Gasteiger partial charge in [0.1, 0.15) is 0 Å². The lowest BCUT2D eigenvalue weighted by atomic mass is 9.61. The normalized spacial score (nSPS) is 20.8. The highest BCUT2D eigenvalue weighted by Crippen LogP contribution is 2.52. The summed E-state index contributed by atoms with van der Waals surface area (Å²) in [6, 6.07) is 2.38. The van der Waals surface area contributed by atoms with Gasteiger partial charge in [0.25, 0.3) is 0 Å². The Balaban J connectivity index is 2.19. The van der Waals surface area contributed by atoms with E-state index < -0.39 is 5.97 Å². The first kappa shape index (κ1) is 25.0. The Labute approximate surface area is 198 Å². The molecule has 0 heterocycles. The van der Waals surface area contributed by atoms with E-state index in [0.29, 0.717) is 12.0 Å². The highest BCUT2D eigenvalue weighted by atomic mass is 16.4. The number of hydrogen-bond acceptors (Lipinski definition) is 2. The molecular weight excluding hydrogens is 410 g/mol. The minimum Gasteiger partial charge on any atom is -0.478 e. The second-order valence-corrected chi connectivity index (χ2v) is 10.9. The summed E-state index contributed by atoms with van der Waals surface area (Å²) in [6.45, 7) is 14.5. The molecular formula is C29H39NO3. The van der Waals surface area contributed by atoms with Crippen LogP contribution in [0.1, 0.15) is 103 Å². The molecule has 1 aromatic rings. The molecule has 0 aromatic heterocycles. The number of anilines is 1. The first-order chi connectivity index (χ1) is 15.4. The first-order valence-corrected chi connectivity index (χ1v) is 12.2. The topological polar surface area (TPSA) is 66.4 Å². The zero-order valence-electron chi connectivity index (χ0n) is 21.3. The molecule has 178 valence electrons. The molecule has 0 unspecified atom stereocenters. The van der Waals surface area contributed by atoms with Crippen LogP contribution in [0.4, 0.5) is 5.69 Å². The quantitative estimate of drug-likeness (QED) is 0.373. The minimum atomic E-state index is -0.855. The summed E-state index contributed by atoms with van der Waals surface area (Å²) in [5.74, 6) is -0.881. The van der Waals surface area contributed by atoms with Gasteiger partial charge in [0, 0.05) is 18.2 Å². The number of hydrogen-bond donors (Lipinski definition) is 2. The number of carboxylic acid groups (broad SMARTS) is 1. The van der Waals surface area contributed by atoms with E-state index in [1.165, 1.54) is 27.8 Å². The number of allylic oxidation sites excluding steroid dienone is 5. The number of amides is 1. The molecule has 0 spiro atoms. The highest BCUT2D eigenvalue weighted by Gasteiger charge is 2.41. The molecule has 1 amide bonds. The third-order valence-electron chi connectivity index (χ3n) is 7.47. The lowest BCUT2D eigenvalue weighted by Gasteiger charge is -2.44. The van der Waals surface area contributed by atoms with Crippen LogP contribution in [0.25, 0.3) is 5.57 Å². The Morgan fingerprint density at radius 3 is 2.36 bits per heavy atom. The fourth-order valence-electron chi connectivity index (χ4n) is 5.48. The summed E-state index contributed by atoms with van der Waals surface area (Å²) in [5, 5.41) is 12.6. The number of carboxylic acids is 1. The van der Waals surface area contributed by atoms with Crippen LogP contribution >= 0.6 is 0 Å². The predicted octanol–water partition coefficient (Wildman–Crippen LogP) is 7.08. The SMILES string of the molecule is CCC(C(=O)O)=C(C)C=CC=C1CCCc2c1cc1c(c2NC(C)=O)C(C)(C)CCC1(C)C. The molecule has 2 aliphatic rings. The third-order valence-corrected chi connectivity index (χ3v) is 7.47. The van der Waals surface area contributed by atoms with Crippen molar-refractivity contribution in [2.24, 2.45) is 0 Å². The van der Waals surface area contributed by atoms with Gasteiger partial charge in [-0.25, -0.2) is 4.79 Å². The van der Waals surface area contributed by atoms with Gasteiger partial charge in [-0.2, -0.15) is 0 Å². The zero-order valence-corrected chi connectivity index (χ0v) is 21.3. The molecule has 33 heavy (non-hydrogen) atoms. The Morgan fingerprint density at radius 1 is 1.09 bits per heavy atom. The largest absolute Gasteiger partial charge is 0.478 e. The smallest absolute Gasteiger partial charge is 0.331 e. The van der Waals surface area contributed by atoms with Gasteiger partial charge < -0.3 is 10.4 Å². The Bertz CT molecular complexity index is 1070. The van der Waals surface area contributed by atoms with Crippen LogP contribution in [-0.4, -0.2) is 17.0 Å². The maximum atomic E-state index is 12.2. The maximum absolute atomic E-state index is 12.2. The zero-order chi connectivity index (χ0) is 24.6. The fourth-order valence-corrected chi connectivity index (χ4v) is 5.48. The minimum absolute atomic E-state index is 0.00812. The Morgan fingerprint density at radius 2 is 1.76 bits per heavy atom. The molecule has 0 atom stereocenters. The van der Waals surface area contributed by atoms with Gasteiger partial charge in [-0.05, 0) is 89.7 Å². The standard InChI is InChI=1S/C29H39NO3/c1-8-21(27(32)33)18(2)11-9-12-20-13-10-14-22-23(20)17-24-25(26(22)30-19(3)31)29(6,7)16-15-28(24,4)5/h9,11-12,17H,8,10,13-16H2,1-7H3,(H,30,31)(H,32,33). The molecule has 0 fully saturated rings. The van der Waals surface area contributed by atoms with E-state index in [4.69, 9.17) is 0 Å². The number of rotatable bonds is 5. The molecule has 3 rings (SSSR count). The van der Waals surface area contributed by atoms with Gasteiger partial charge >= 0.3 is 5.97 Å². The maximum Gasteiger partial charge on any atom is 0.331 e. The van der Waals surface area contributed by atoms with Crippen molar-refractivity contribution in [3.05, 3.63) is 57.7 Å². The van der Waals surface area contributed by atoms with Crippen molar-refractivity contribution in [2.45, 2.75) is 97.8 Å². The lowest BCUT2D eigenvalue weighted by Crippen LogP contribution is -2.36. The summed E-state index contributed by atoms with van der Waals surface area (Å²) in [5.41, 5.74) is 8.67. The van der Waals surface area contributed by atoms with Gasteiger partial charge in [-0.3, -0.25) is 4.79 Å². The molecule has 0 aliphatic heterocycles. The lowest BCUT2D eigenvalue weighted by molar-refractivity contribution is -0.132. The van der Waals surface area contributed by atoms with Crippen molar-refractivity contribution in [3.8, 4) is 0 Å². The van der Waals surface area contributed by atoms with E-state index in [0.717, 1.165) is 43.4 Å². The fraction of sp³-hybridized carbons (Fsp3) is 0.517. The van der Waals surface area contributed by atoms with E-state index >= 15 is 0 Å². The third kappa shape index (κ3) is 5.00. The van der Waals surface area contributed by atoms with Crippen molar-refractivity contribution in [2.75, 3.05) is 5.32 Å². The Hall–Kier alpha value is -2.62. The van der Waals surface area contributed by atoms with E-state index in [2.05, 4.69) is 45.2 Å². The molecule has 1 aromatic carbocycles. The molecule has 0 radical (unpaired) electrons. The number of fused-ring (bicyclic) bond motifs is 2. The number of aliphatic carboxylic acids is 1. The molecule has 0 bridgehead atoms. The molecule has 2 N–H and O–H groups in total. The van der Waals surface area contributed by atoms with Crippen molar-refractivity contribution < 1.29 is 14.7 Å². The van der Waals surface area contributed by atoms with Crippen LogP contribution in [0.3, 0.4) is 0 Å². The first-order valence-electron chi connectivity index (χ1n) is 12.2. The second kappa shape index (κ2) is 9.32. The number of benzene rings is 1.